The van der Waals surface area contributed by atoms with Gasteiger partial charge >= 0.3 is 0 Å². The number of hydrogen-bond acceptors (Lipinski definition) is 0. The predicted octanol–water partition coefficient (Wildman–Crippen LogP) is 5.11. The van der Waals surface area contributed by atoms with E-state index in [2.05, 4.69) is 51.3 Å². The SMILES string of the molecule is C=C/C=C(BC(=C)/C(=C\CCC)CCC)\C=C/C. The van der Waals surface area contributed by atoms with Crippen molar-refractivity contribution in [1.82, 2.24) is 0 Å². The molecule has 0 bridgehead atoms. The van der Waals surface area contributed by atoms with Crippen molar-refractivity contribution in [2.75, 3.05) is 0 Å². The summed E-state index contributed by atoms with van der Waals surface area (Å²) in [6.07, 6.45) is 15.1. The first-order valence-electron chi connectivity index (χ1n) is 7.00. The number of rotatable bonds is 9. The molecule has 0 N–H and O–H groups in total. The van der Waals surface area contributed by atoms with Gasteiger partial charge in [0.05, 0.1) is 0 Å². The normalized spacial score (nSPS) is 12.8. The van der Waals surface area contributed by atoms with Crippen LogP contribution in [-0.4, -0.2) is 7.28 Å². The van der Waals surface area contributed by atoms with Crippen LogP contribution in [0.15, 0.2) is 60.1 Å². The molecule has 1 heteroatoms. The smallest absolute Gasteiger partial charge is 0.104 e. The van der Waals surface area contributed by atoms with Crippen LogP contribution in [0.1, 0.15) is 46.5 Å². The van der Waals surface area contributed by atoms with E-state index in [0.717, 1.165) is 20.1 Å². The molecule has 18 heavy (non-hydrogen) atoms. The van der Waals surface area contributed by atoms with Gasteiger partial charge in [-0.25, -0.2) is 0 Å². The second-order valence-electron chi connectivity index (χ2n) is 4.53. The topological polar surface area (TPSA) is 0 Å². The molecule has 98 valence electrons. The quantitative estimate of drug-likeness (QED) is 0.389. The van der Waals surface area contributed by atoms with Gasteiger partial charge in [0.15, 0.2) is 7.28 Å². The van der Waals surface area contributed by atoms with Gasteiger partial charge in [-0.15, -0.1) is 6.58 Å². The highest BCUT2D eigenvalue weighted by Crippen LogP contribution is 2.17. The highest BCUT2D eigenvalue weighted by molar-refractivity contribution is 6.56. The maximum absolute atomic E-state index is 4.25. The highest BCUT2D eigenvalue weighted by Gasteiger charge is 2.05. The molecule has 0 aromatic carbocycles. The van der Waals surface area contributed by atoms with E-state index in [1.807, 2.05) is 13.0 Å². The van der Waals surface area contributed by atoms with Crippen LogP contribution in [0.2, 0.25) is 0 Å². The second kappa shape index (κ2) is 10.9. The summed E-state index contributed by atoms with van der Waals surface area (Å²) in [7, 11) is 0.923. The number of unbranched alkanes of at least 4 members (excludes halogenated alkanes) is 1. The summed E-state index contributed by atoms with van der Waals surface area (Å²) in [6, 6.07) is 0. The van der Waals surface area contributed by atoms with E-state index < -0.39 is 0 Å². The van der Waals surface area contributed by atoms with E-state index in [1.54, 1.807) is 0 Å². The van der Waals surface area contributed by atoms with E-state index in [1.165, 1.54) is 29.4 Å². The molecule has 0 saturated heterocycles. The van der Waals surface area contributed by atoms with Gasteiger partial charge in [-0.2, -0.15) is 0 Å². The average molecular weight is 242 g/mol. The second-order valence-corrected chi connectivity index (χ2v) is 4.53. The maximum atomic E-state index is 4.25. The Kier molecular flexibility index (Phi) is 10.1. The Morgan fingerprint density at radius 2 is 1.94 bits per heavy atom. The molecule has 0 rings (SSSR count). The van der Waals surface area contributed by atoms with E-state index in [0.29, 0.717) is 0 Å². The fraction of sp³-hybridized carbons (Fsp3) is 0.412. The summed E-state index contributed by atoms with van der Waals surface area (Å²) in [4.78, 5) is 0. The summed E-state index contributed by atoms with van der Waals surface area (Å²) in [6.45, 7) is 14.5. The van der Waals surface area contributed by atoms with E-state index >= 15 is 0 Å². The Labute approximate surface area is 114 Å². The third-order valence-electron chi connectivity index (χ3n) is 2.78. The minimum absolute atomic E-state index is 0.923. The maximum Gasteiger partial charge on any atom is 0.191 e. The zero-order valence-corrected chi connectivity index (χ0v) is 12.3. The van der Waals surface area contributed by atoms with Gasteiger partial charge < -0.3 is 0 Å². The van der Waals surface area contributed by atoms with Crippen LogP contribution >= 0.6 is 0 Å². The van der Waals surface area contributed by atoms with Gasteiger partial charge in [-0.3, -0.25) is 0 Å². The van der Waals surface area contributed by atoms with Gasteiger partial charge in [-0.05, 0) is 19.8 Å². The van der Waals surface area contributed by atoms with Crippen molar-refractivity contribution in [3.63, 3.8) is 0 Å². The first-order chi connectivity index (χ1) is 8.69. The first kappa shape index (κ1) is 16.8. The Morgan fingerprint density at radius 3 is 2.44 bits per heavy atom. The zero-order chi connectivity index (χ0) is 13.8. The van der Waals surface area contributed by atoms with Crippen LogP contribution < -0.4 is 0 Å². The lowest BCUT2D eigenvalue weighted by atomic mass is 9.60. The van der Waals surface area contributed by atoms with Gasteiger partial charge in [0, 0.05) is 0 Å². The monoisotopic (exact) mass is 242 g/mol. The fourth-order valence-corrected chi connectivity index (χ4v) is 1.91. The number of hydrogen-bond donors (Lipinski definition) is 0. The van der Waals surface area contributed by atoms with Gasteiger partial charge in [0.25, 0.3) is 0 Å². The molecular weight excluding hydrogens is 215 g/mol. The molecule has 0 saturated carbocycles. The molecule has 0 heterocycles. The lowest BCUT2D eigenvalue weighted by molar-refractivity contribution is 0.891. The lowest BCUT2D eigenvalue weighted by Crippen LogP contribution is -2.02. The summed E-state index contributed by atoms with van der Waals surface area (Å²) in [5.41, 5.74) is 3.95. The largest absolute Gasteiger partial charge is 0.191 e. The van der Waals surface area contributed by atoms with Crippen molar-refractivity contribution >= 4 is 7.28 Å². The molecule has 0 aliphatic heterocycles. The summed E-state index contributed by atoms with van der Waals surface area (Å²) in [5.74, 6) is 0. The van der Waals surface area contributed by atoms with Crippen molar-refractivity contribution in [1.29, 1.82) is 0 Å². The summed E-state index contributed by atoms with van der Waals surface area (Å²) >= 11 is 0. The van der Waals surface area contributed by atoms with Crippen LogP contribution in [-0.2, 0) is 0 Å². The predicted molar refractivity (Wildman–Crippen MR) is 87.3 cm³/mol. The van der Waals surface area contributed by atoms with Crippen molar-refractivity contribution in [3.05, 3.63) is 60.1 Å². The molecule has 0 radical (unpaired) electrons. The molecule has 0 unspecified atom stereocenters. The molecule has 0 spiro atoms. The van der Waals surface area contributed by atoms with Crippen molar-refractivity contribution in [3.8, 4) is 0 Å². The van der Waals surface area contributed by atoms with E-state index in [4.69, 9.17) is 0 Å². The van der Waals surface area contributed by atoms with Crippen LogP contribution in [0, 0.1) is 0 Å². The average Bonchev–Trinajstić information content (AvgIpc) is 2.35. The molecule has 0 aliphatic carbocycles. The van der Waals surface area contributed by atoms with Gasteiger partial charge in [-0.1, -0.05) is 80.2 Å². The molecular formula is C17H27B. The lowest BCUT2D eigenvalue weighted by Gasteiger charge is -2.10. The molecule has 0 atom stereocenters. The molecule has 0 aromatic heterocycles. The summed E-state index contributed by atoms with van der Waals surface area (Å²) in [5, 5.41) is 0. The molecule has 0 amide bonds. The molecule has 0 nitrogen and oxygen atoms in total. The Balaban J connectivity index is 4.76. The number of allylic oxidation sites excluding steroid dienone is 8. The third kappa shape index (κ3) is 7.16. The Bertz CT molecular complexity index is 343. The third-order valence-corrected chi connectivity index (χ3v) is 2.78. The molecule has 0 aliphatic rings. The van der Waals surface area contributed by atoms with Crippen molar-refractivity contribution < 1.29 is 0 Å². The van der Waals surface area contributed by atoms with Crippen LogP contribution in [0.25, 0.3) is 0 Å². The van der Waals surface area contributed by atoms with Gasteiger partial charge in [0.2, 0.25) is 0 Å². The minimum Gasteiger partial charge on any atom is -0.104 e. The van der Waals surface area contributed by atoms with E-state index in [-0.39, 0.29) is 0 Å². The molecule has 0 aromatic rings. The summed E-state index contributed by atoms with van der Waals surface area (Å²) < 4.78 is 0. The zero-order valence-electron chi connectivity index (χ0n) is 12.3. The first-order valence-corrected chi connectivity index (χ1v) is 7.00. The Hall–Kier alpha value is -1.24. The van der Waals surface area contributed by atoms with E-state index in [9.17, 15) is 0 Å². The highest BCUT2D eigenvalue weighted by atomic mass is 14.0. The van der Waals surface area contributed by atoms with Crippen LogP contribution in [0.5, 0.6) is 0 Å². The molecule has 0 fully saturated rings. The standard InChI is InChI=1S/C17H27B/c1-6-10-14-16(11-7-2)15(5)18-17(12-8-3)13-9-4/h8-9,12-14,18H,3,5-7,10-11H2,1-2,4H3/b13-9-,16-14-,17-12+. The Morgan fingerprint density at radius 1 is 1.22 bits per heavy atom. The fourth-order valence-electron chi connectivity index (χ4n) is 1.91. The minimum atomic E-state index is 0.923. The van der Waals surface area contributed by atoms with Gasteiger partial charge in [0.1, 0.15) is 0 Å². The van der Waals surface area contributed by atoms with Crippen LogP contribution in [0.4, 0.5) is 0 Å². The van der Waals surface area contributed by atoms with Crippen molar-refractivity contribution in [2.45, 2.75) is 46.5 Å². The van der Waals surface area contributed by atoms with Crippen LogP contribution in [0.3, 0.4) is 0 Å². The van der Waals surface area contributed by atoms with Crippen molar-refractivity contribution in [2.24, 2.45) is 0 Å².